The van der Waals surface area contributed by atoms with Gasteiger partial charge in [0.1, 0.15) is 0 Å². The van der Waals surface area contributed by atoms with Crippen molar-refractivity contribution in [3.63, 3.8) is 0 Å². The molecule has 2 atom stereocenters. The summed E-state index contributed by atoms with van der Waals surface area (Å²) in [4.78, 5) is 0.204. The van der Waals surface area contributed by atoms with Crippen LogP contribution in [0.25, 0.3) is 0 Å². The Kier molecular flexibility index (Phi) is 2.94. The van der Waals surface area contributed by atoms with Crippen molar-refractivity contribution >= 4 is 10.0 Å². The summed E-state index contributed by atoms with van der Waals surface area (Å²) in [5.41, 5.74) is 1.02. The summed E-state index contributed by atoms with van der Waals surface area (Å²) in [6.07, 6.45) is 0.885. The third kappa shape index (κ3) is 2.48. The Balaban J connectivity index is 2.35. The number of benzene rings is 1. The van der Waals surface area contributed by atoms with E-state index in [1.165, 1.54) is 6.07 Å². The molecule has 0 bridgehead atoms. The zero-order valence-corrected chi connectivity index (χ0v) is 10.6. The van der Waals surface area contributed by atoms with Gasteiger partial charge in [-0.3, -0.25) is 0 Å². The molecule has 0 heterocycles. The van der Waals surface area contributed by atoms with Crippen LogP contribution in [0.3, 0.4) is 0 Å². The van der Waals surface area contributed by atoms with E-state index in [0.29, 0.717) is 17.0 Å². The first-order valence-corrected chi connectivity index (χ1v) is 6.95. The maximum atomic E-state index is 12.1. The van der Waals surface area contributed by atoms with Gasteiger partial charge >= 0.3 is 0 Å². The number of hydrogen-bond acceptors (Lipinski definition) is 3. The third-order valence-electron chi connectivity index (χ3n) is 3.02. The topological polar surface area (TPSA) is 70.0 Å². The highest BCUT2D eigenvalue weighted by molar-refractivity contribution is 7.89. The largest absolute Gasteiger partial charge is 0.241 e. The van der Waals surface area contributed by atoms with Crippen molar-refractivity contribution < 1.29 is 8.42 Å². The first-order chi connectivity index (χ1) is 7.94. The number of aryl methyl sites for hydroxylation is 1. The van der Waals surface area contributed by atoms with Crippen LogP contribution in [-0.4, -0.2) is 14.5 Å². The number of nitrogens with one attached hydrogen (secondary N) is 1. The maximum absolute atomic E-state index is 12.1. The van der Waals surface area contributed by atoms with E-state index >= 15 is 0 Å². The fraction of sp³-hybridized carbons (Fsp3) is 0.417. The van der Waals surface area contributed by atoms with Crippen molar-refractivity contribution in [3.8, 4) is 6.07 Å². The summed E-state index contributed by atoms with van der Waals surface area (Å²) in [5.74, 6) is 0.407. The zero-order chi connectivity index (χ0) is 12.6. The van der Waals surface area contributed by atoms with Crippen LogP contribution in [0.1, 0.15) is 24.5 Å². The lowest BCUT2D eigenvalue weighted by Gasteiger charge is -2.08. The predicted molar refractivity (Wildman–Crippen MR) is 63.8 cm³/mol. The third-order valence-corrected chi connectivity index (χ3v) is 4.65. The van der Waals surface area contributed by atoms with Crippen molar-refractivity contribution in [2.75, 3.05) is 0 Å². The zero-order valence-electron chi connectivity index (χ0n) is 9.77. The molecular formula is C12H14N2O2S. The molecule has 4 nitrogen and oxygen atoms in total. The van der Waals surface area contributed by atoms with E-state index in [2.05, 4.69) is 4.72 Å². The maximum Gasteiger partial charge on any atom is 0.241 e. The van der Waals surface area contributed by atoms with Gasteiger partial charge in [-0.15, -0.1) is 0 Å². The predicted octanol–water partition coefficient (Wildman–Crippen LogP) is 1.55. The summed E-state index contributed by atoms with van der Waals surface area (Å²) in [6.45, 7) is 3.73. The number of hydrogen-bond donors (Lipinski definition) is 1. The molecule has 0 spiro atoms. The lowest BCUT2D eigenvalue weighted by molar-refractivity contribution is 0.577. The molecule has 5 heteroatoms. The number of rotatable bonds is 3. The first-order valence-electron chi connectivity index (χ1n) is 5.47. The van der Waals surface area contributed by atoms with Crippen molar-refractivity contribution in [2.24, 2.45) is 5.92 Å². The monoisotopic (exact) mass is 250 g/mol. The lowest BCUT2D eigenvalue weighted by Crippen LogP contribution is -2.27. The normalized spacial score (nSPS) is 23.1. The van der Waals surface area contributed by atoms with Gasteiger partial charge in [-0.05, 0) is 37.0 Å². The van der Waals surface area contributed by atoms with Gasteiger partial charge in [0.25, 0.3) is 0 Å². The molecule has 0 saturated heterocycles. The van der Waals surface area contributed by atoms with Crippen molar-refractivity contribution in [3.05, 3.63) is 29.3 Å². The Hall–Kier alpha value is -1.38. The fourth-order valence-electron chi connectivity index (χ4n) is 1.71. The SMILES string of the molecule is Cc1ccc(C#N)cc1S(=O)(=O)NC1CC1C. The summed E-state index contributed by atoms with van der Waals surface area (Å²) < 4.78 is 26.8. The average Bonchev–Trinajstić information content (AvgIpc) is 2.93. The summed E-state index contributed by atoms with van der Waals surface area (Å²) in [5, 5.41) is 8.79. The molecule has 2 rings (SSSR count). The summed E-state index contributed by atoms with van der Waals surface area (Å²) in [6, 6.07) is 6.70. The van der Waals surface area contributed by atoms with Crippen molar-refractivity contribution in [1.29, 1.82) is 5.26 Å². The molecule has 2 unspecified atom stereocenters. The molecule has 1 N–H and O–H groups in total. The molecule has 0 radical (unpaired) electrons. The quantitative estimate of drug-likeness (QED) is 0.884. The van der Waals surface area contributed by atoms with Gasteiger partial charge in [-0.2, -0.15) is 5.26 Å². The molecular weight excluding hydrogens is 236 g/mol. The van der Waals surface area contributed by atoms with Crippen LogP contribution in [0.15, 0.2) is 23.1 Å². The first kappa shape index (κ1) is 12.1. The Morgan fingerprint density at radius 2 is 2.12 bits per heavy atom. The van der Waals surface area contributed by atoms with Crippen LogP contribution >= 0.6 is 0 Å². The second-order valence-corrected chi connectivity index (χ2v) is 6.22. The van der Waals surface area contributed by atoms with Crippen molar-refractivity contribution in [1.82, 2.24) is 4.72 Å². The van der Waals surface area contributed by atoms with E-state index in [9.17, 15) is 8.42 Å². The Morgan fingerprint density at radius 3 is 2.65 bits per heavy atom. The number of nitriles is 1. The lowest BCUT2D eigenvalue weighted by atomic mass is 10.2. The molecule has 1 fully saturated rings. The molecule has 1 aliphatic rings. The highest BCUT2D eigenvalue weighted by Gasteiger charge is 2.36. The molecule has 1 aromatic carbocycles. The number of sulfonamides is 1. The van der Waals surface area contributed by atoms with Crippen LogP contribution in [0.5, 0.6) is 0 Å². The average molecular weight is 250 g/mol. The van der Waals surface area contributed by atoms with Gasteiger partial charge in [0.15, 0.2) is 0 Å². The molecule has 0 amide bonds. The van der Waals surface area contributed by atoms with Crippen LogP contribution in [-0.2, 0) is 10.0 Å². The molecule has 0 aliphatic heterocycles. The van der Waals surface area contributed by atoms with Gasteiger partial charge in [-0.25, -0.2) is 13.1 Å². The van der Waals surface area contributed by atoms with Crippen molar-refractivity contribution in [2.45, 2.75) is 31.2 Å². The Bertz CT molecular complexity index is 587. The smallest absolute Gasteiger partial charge is 0.208 e. The second-order valence-electron chi connectivity index (χ2n) is 4.53. The summed E-state index contributed by atoms with van der Waals surface area (Å²) in [7, 11) is -3.49. The van der Waals surface area contributed by atoms with Crippen LogP contribution < -0.4 is 4.72 Å². The molecule has 1 aliphatic carbocycles. The van der Waals surface area contributed by atoms with Gasteiger partial charge in [-0.1, -0.05) is 13.0 Å². The van der Waals surface area contributed by atoms with E-state index in [4.69, 9.17) is 5.26 Å². The van der Waals surface area contributed by atoms with E-state index in [-0.39, 0.29) is 10.9 Å². The standard InChI is InChI=1S/C12H14N2O2S/c1-8-3-4-10(7-13)6-12(8)17(15,16)14-11-5-9(11)2/h3-4,6,9,11,14H,5H2,1-2H3. The Labute approximate surface area is 101 Å². The van der Waals surface area contributed by atoms with E-state index < -0.39 is 10.0 Å². The molecule has 17 heavy (non-hydrogen) atoms. The Morgan fingerprint density at radius 1 is 1.47 bits per heavy atom. The summed E-state index contributed by atoms with van der Waals surface area (Å²) >= 11 is 0. The molecule has 0 aromatic heterocycles. The second kappa shape index (κ2) is 4.13. The van der Waals surface area contributed by atoms with E-state index in [1.807, 2.05) is 13.0 Å². The fourth-order valence-corrected chi connectivity index (χ4v) is 3.34. The number of nitrogens with zero attached hydrogens (tertiary/aromatic N) is 1. The molecule has 1 saturated carbocycles. The van der Waals surface area contributed by atoms with Crippen LogP contribution in [0.4, 0.5) is 0 Å². The van der Waals surface area contributed by atoms with Gasteiger partial charge < -0.3 is 0 Å². The van der Waals surface area contributed by atoms with Crippen LogP contribution in [0, 0.1) is 24.2 Å². The van der Waals surface area contributed by atoms with E-state index in [0.717, 1.165) is 6.42 Å². The minimum atomic E-state index is -3.49. The highest BCUT2D eigenvalue weighted by Crippen LogP contribution is 2.31. The highest BCUT2D eigenvalue weighted by atomic mass is 32.2. The van der Waals surface area contributed by atoms with Gasteiger partial charge in [0.2, 0.25) is 10.0 Å². The molecule has 90 valence electrons. The van der Waals surface area contributed by atoms with E-state index in [1.54, 1.807) is 19.1 Å². The minimum Gasteiger partial charge on any atom is -0.208 e. The van der Waals surface area contributed by atoms with Crippen LogP contribution in [0.2, 0.25) is 0 Å². The minimum absolute atomic E-state index is 0.0464. The van der Waals surface area contributed by atoms with Gasteiger partial charge in [0.05, 0.1) is 16.5 Å². The van der Waals surface area contributed by atoms with Gasteiger partial charge in [0, 0.05) is 6.04 Å². The molecule has 1 aromatic rings.